The summed E-state index contributed by atoms with van der Waals surface area (Å²) < 4.78 is 11.2. The molecule has 1 aliphatic heterocycles. The Bertz CT molecular complexity index is 655. The first-order chi connectivity index (χ1) is 12.2. The van der Waals surface area contributed by atoms with E-state index in [1.54, 1.807) is 0 Å². The number of benzene rings is 1. The number of aryl methyl sites for hydroxylation is 1. The van der Waals surface area contributed by atoms with Gasteiger partial charge in [-0.1, -0.05) is 17.7 Å². The van der Waals surface area contributed by atoms with Crippen molar-refractivity contribution in [3.05, 3.63) is 35.7 Å². The van der Waals surface area contributed by atoms with Gasteiger partial charge in [-0.05, 0) is 19.1 Å². The summed E-state index contributed by atoms with van der Waals surface area (Å²) in [6.07, 6.45) is 0. The molecule has 0 atom stereocenters. The zero-order valence-corrected chi connectivity index (χ0v) is 14.7. The molecule has 0 spiro atoms. The molecular weight excluding hydrogens is 320 g/mol. The second-order valence-corrected chi connectivity index (χ2v) is 6.32. The van der Waals surface area contributed by atoms with Crippen molar-refractivity contribution in [1.29, 1.82) is 0 Å². The van der Waals surface area contributed by atoms with Crippen molar-refractivity contribution in [3.63, 3.8) is 0 Å². The van der Waals surface area contributed by atoms with E-state index in [0.717, 1.165) is 50.5 Å². The van der Waals surface area contributed by atoms with Crippen LogP contribution in [0.1, 0.15) is 11.5 Å². The Morgan fingerprint density at radius 2 is 2.04 bits per heavy atom. The predicted molar refractivity (Wildman–Crippen MR) is 94.1 cm³/mol. The van der Waals surface area contributed by atoms with Crippen molar-refractivity contribution in [3.8, 4) is 11.5 Å². The summed E-state index contributed by atoms with van der Waals surface area (Å²) >= 11 is 0. The van der Waals surface area contributed by atoms with Crippen LogP contribution in [0.3, 0.4) is 0 Å². The molecule has 25 heavy (non-hydrogen) atoms. The number of aliphatic hydroxyl groups is 1. The molecule has 1 saturated heterocycles. The lowest BCUT2D eigenvalue weighted by Gasteiger charge is -2.29. The first-order valence-corrected chi connectivity index (χ1v) is 8.77. The van der Waals surface area contributed by atoms with Crippen LogP contribution in [0, 0.1) is 6.92 Å². The van der Waals surface area contributed by atoms with E-state index in [-0.39, 0.29) is 6.61 Å². The molecule has 3 rings (SSSR count). The van der Waals surface area contributed by atoms with Crippen LogP contribution >= 0.6 is 0 Å². The van der Waals surface area contributed by atoms with Gasteiger partial charge in [0.05, 0.1) is 26.4 Å². The fraction of sp³-hybridized carbons (Fsp3) is 0.556. The maximum absolute atomic E-state index is 9.32. The lowest BCUT2D eigenvalue weighted by molar-refractivity contribution is 0.0315. The summed E-state index contributed by atoms with van der Waals surface area (Å²) in [5.74, 6) is 1.11. The standard InChI is InChI=1S/C18H26N4O3/c1-15-3-2-4-16(13-15)18-20-19-17(25-18)14-22(7-10-23)6-5-21-8-11-24-12-9-21/h2-4,13,23H,5-12,14H2,1H3. The number of hydrogen-bond acceptors (Lipinski definition) is 7. The number of ether oxygens (including phenoxy) is 1. The molecule has 1 aliphatic rings. The normalized spacial score (nSPS) is 15.8. The van der Waals surface area contributed by atoms with Crippen LogP contribution in [0.25, 0.3) is 11.5 Å². The molecule has 7 nitrogen and oxygen atoms in total. The molecule has 0 saturated carbocycles. The van der Waals surface area contributed by atoms with Crippen LogP contribution in [0.4, 0.5) is 0 Å². The highest BCUT2D eigenvalue weighted by molar-refractivity contribution is 5.53. The van der Waals surface area contributed by atoms with Crippen LogP contribution in [0.2, 0.25) is 0 Å². The highest BCUT2D eigenvalue weighted by Crippen LogP contribution is 2.19. The predicted octanol–water partition coefficient (Wildman–Crippen LogP) is 1.17. The summed E-state index contributed by atoms with van der Waals surface area (Å²) in [5.41, 5.74) is 2.09. The van der Waals surface area contributed by atoms with Gasteiger partial charge >= 0.3 is 0 Å². The third-order valence-electron chi connectivity index (χ3n) is 4.34. The molecule has 0 aliphatic carbocycles. The van der Waals surface area contributed by atoms with Crippen molar-refractivity contribution in [2.75, 3.05) is 52.5 Å². The average Bonchev–Trinajstić information content (AvgIpc) is 3.09. The van der Waals surface area contributed by atoms with E-state index in [0.29, 0.717) is 24.9 Å². The summed E-state index contributed by atoms with van der Waals surface area (Å²) in [6, 6.07) is 8.01. The van der Waals surface area contributed by atoms with Gasteiger partial charge in [0, 0.05) is 38.3 Å². The quantitative estimate of drug-likeness (QED) is 0.769. The molecule has 7 heteroatoms. The monoisotopic (exact) mass is 346 g/mol. The molecule has 1 aromatic heterocycles. The van der Waals surface area contributed by atoms with E-state index < -0.39 is 0 Å². The highest BCUT2D eigenvalue weighted by atomic mass is 16.5. The highest BCUT2D eigenvalue weighted by Gasteiger charge is 2.15. The molecule has 136 valence electrons. The van der Waals surface area contributed by atoms with Crippen molar-refractivity contribution < 1.29 is 14.3 Å². The van der Waals surface area contributed by atoms with E-state index in [2.05, 4.69) is 20.0 Å². The van der Waals surface area contributed by atoms with Gasteiger partial charge < -0.3 is 14.3 Å². The molecule has 2 heterocycles. The van der Waals surface area contributed by atoms with Gasteiger partial charge in [0.1, 0.15) is 0 Å². The Kier molecular flexibility index (Phi) is 6.52. The third kappa shape index (κ3) is 5.34. The number of hydrogen-bond donors (Lipinski definition) is 1. The first-order valence-electron chi connectivity index (χ1n) is 8.77. The van der Waals surface area contributed by atoms with Crippen LogP contribution in [0.5, 0.6) is 0 Å². The van der Waals surface area contributed by atoms with Gasteiger partial charge in [-0.15, -0.1) is 10.2 Å². The second kappa shape index (κ2) is 9.05. The molecule has 1 fully saturated rings. The van der Waals surface area contributed by atoms with Crippen LogP contribution in [0.15, 0.2) is 28.7 Å². The van der Waals surface area contributed by atoms with Gasteiger partial charge in [-0.3, -0.25) is 9.80 Å². The third-order valence-corrected chi connectivity index (χ3v) is 4.34. The van der Waals surface area contributed by atoms with Gasteiger partial charge in [-0.2, -0.15) is 0 Å². The molecule has 0 bridgehead atoms. The minimum absolute atomic E-state index is 0.113. The number of rotatable bonds is 8. The summed E-state index contributed by atoms with van der Waals surface area (Å²) in [6.45, 7) is 8.60. The lowest BCUT2D eigenvalue weighted by atomic mass is 10.1. The van der Waals surface area contributed by atoms with E-state index >= 15 is 0 Å². The molecule has 0 radical (unpaired) electrons. The van der Waals surface area contributed by atoms with E-state index in [9.17, 15) is 5.11 Å². The molecule has 1 N–H and O–H groups in total. The Morgan fingerprint density at radius 1 is 1.20 bits per heavy atom. The Balaban J connectivity index is 1.58. The van der Waals surface area contributed by atoms with Crippen molar-refractivity contribution >= 4 is 0 Å². The minimum Gasteiger partial charge on any atom is -0.419 e. The second-order valence-electron chi connectivity index (χ2n) is 6.32. The van der Waals surface area contributed by atoms with Gasteiger partial charge in [0.2, 0.25) is 11.8 Å². The fourth-order valence-corrected chi connectivity index (χ4v) is 2.92. The Labute approximate surface area is 148 Å². The van der Waals surface area contributed by atoms with Crippen LogP contribution in [-0.4, -0.2) is 77.6 Å². The number of morpholine rings is 1. The molecule has 0 unspecified atom stereocenters. The van der Waals surface area contributed by atoms with Gasteiger partial charge in [-0.25, -0.2) is 0 Å². The summed E-state index contributed by atoms with van der Waals surface area (Å²) in [7, 11) is 0. The van der Waals surface area contributed by atoms with Crippen LogP contribution < -0.4 is 0 Å². The molecular formula is C18H26N4O3. The molecule has 1 aromatic carbocycles. The number of nitrogens with zero attached hydrogens (tertiary/aromatic N) is 4. The minimum atomic E-state index is 0.113. The van der Waals surface area contributed by atoms with Crippen molar-refractivity contribution in [2.45, 2.75) is 13.5 Å². The van der Waals surface area contributed by atoms with Crippen molar-refractivity contribution in [1.82, 2.24) is 20.0 Å². The van der Waals surface area contributed by atoms with E-state index in [1.165, 1.54) is 0 Å². The Hall–Kier alpha value is -1.80. The molecule has 2 aromatic rings. The van der Waals surface area contributed by atoms with Crippen molar-refractivity contribution in [2.24, 2.45) is 0 Å². The van der Waals surface area contributed by atoms with E-state index in [1.807, 2.05) is 31.2 Å². The summed E-state index contributed by atoms with van der Waals surface area (Å²) in [5, 5.41) is 17.6. The number of aliphatic hydroxyl groups excluding tert-OH is 1. The largest absolute Gasteiger partial charge is 0.419 e. The van der Waals surface area contributed by atoms with Gasteiger partial charge in [0.15, 0.2) is 0 Å². The topological polar surface area (TPSA) is 74.9 Å². The zero-order valence-electron chi connectivity index (χ0n) is 14.7. The lowest BCUT2D eigenvalue weighted by Crippen LogP contribution is -2.41. The van der Waals surface area contributed by atoms with E-state index in [4.69, 9.17) is 9.15 Å². The van der Waals surface area contributed by atoms with Gasteiger partial charge in [0.25, 0.3) is 0 Å². The number of aromatic nitrogens is 2. The smallest absolute Gasteiger partial charge is 0.247 e. The zero-order chi connectivity index (χ0) is 17.5. The van der Waals surface area contributed by atoms with Crippen LogP contribution in [-0.2, 0) is 11.3 Å². The fourth-order valence-electron chi connectivity index (χ4n) is 2.92. The molecule has 0 amide bonds. The SMILES string of the molecule is Cc1cccc(-c2nnc(CN(CCO)CCN3CCOCC3)o2)c1. The first kappa shape index (κ1) is 18.0. The Morgan fingerprint density at radius 3 is 2.80 bits per heavy atom. The maximum Gasteiger partial charge on any atom is 0.247 e. The summed E-state index contributed by atoms with van der Waals surface area (Å²) in [4.78, 5) is 4.52. The maximum atomic E-state index is 9.32. The average molecular weight is 346 g/mol.